The average molecular weight is 327 g/mol. The summed E-state index contributed by atoms with van der Waals surface area (Å²) in [6.45, 7) is 13.2. The fraction of sp³-hybridized carbons (Fsp3) is 0.600. The lowest BCUT2D eigenvalue weighted by atomic mass is 10.1. The van der Waals surface area contributed by atoms with Gasteiger partial charge in [0.2, 0.25) is 5.91 Å². The topological polar surface area (TPSA) is 36.4 Å². The number of hydrogen-bond donors (Lipinski definition) is 0. The fourth-order valence-corrected chi connectivity index (χ4v) is 3.89. The summed E-state index contributed by atoms with van der Waals surface area (Å²) in [5.41, 5.74) is 2.71. The third kappa shape index (κ3) is 3.54. The van der Waals surface area contributed by atoms with Crippen molar-refractivity contribution in [2.45, 2.75) is 34.2 Å². The maximum Gasteiger partial charge on any atom is 0.226 e. The molecular formula is C20H29N3O. The highest BCUT2D eigenvalue weighted by Crippen LogP contribution is 2.60. The quantitative estimate of drug-likeness (QED) is 0.798. The number of hydrogen-bond acceptors (Lipinski definition) is 3. The molecular weight excluding hydrogens is 298 g/mol. The van der Waals surface area contributed by atoms with Crippen molar-refractivity contribution < 1.29 is 4.79 Å². The van der Waals surface area contributed by atoms with Crippen LogP contribution in [0.1, 0.15) is 33.3 Å². The van der Waals surface area contributed by atoms with Crippen LogP contribution in [0.2, 0.25) is 0 Å². The van der Waals surface area contributed by atoms with E-state index < -0.39 is 0 Å². The normalized spacial score (nSPS) is 26.1. The lowest BCUT2D eigenvalue weighted by Gasteiger charge is -2.35. The first-order chi connectivity index (χ1) is 11.4. The van der Waals surface area contributed by atoms with Crippen molar-refractivity contribution in [1.82, 2.24) is 14.8 Å². The standard InChI is InChI=1S/C20H29N3O/c1-15(2)13-17-18(20(17,3)4)19(24)23-11-9-22(10-12-23)14-16-5-7-21-8-6-16/h5-8,13,17-18H,9-12,14H2,1-4H3. The average Bonchev–Trinajstić information content (AvgIpc) is 3.08. The second kappa shape index (κ2) is 6.67. The van der Waals surface area contributed by atoms with Gasteiger partial charge >= 0.3 is 0 Å². The second-order valence-electron chi connectivity index (χ2n) is 8.03. The first kappa shape index (κ1) is 17.2. The number of amides is 1. The molecule has 0 aromatic carbocycles. The number of piperazine rings is 1. The molecule has 0 N–H and O–H groups in total. The largest absolute Gasteiger partial charge is 0.340 e. The summed E-state index contributed by atoms with van der Waals surface area (Å²) in [5, 5.41) is 0. The molecule has 0 bridgehead atoms. The molecule has 2 heterocycles. The SMILES string of the molecule is CC(C)=CC1C(C(=O)N2CCN(Cc3ccncc3)CC2)C1(C)C. The Kier molecular flexibility index (Phi) is 4.77. The van der Waals surface area contributed by atoms with Crippen molar-refractivity contribution in [3.63, 3.8) is 0 Å². The van der Waals surface area contributed by atoms with E-state index in [9.17, 15) is 4.79 Å². The van der Waals surface area contributed by atoms with Crippen LogP contribution >= 0.6 is 0 Å². The molecule has 1 amide bonds. The molecule has 1 aliphatic heterocycles. The number of pyridine rings is 1. The first-order valence-corrected chi connectivity index (χ1v) is 8.94. The van der Waals surface area contributed by atoms with Gasteiger partial charge in [-0.3, -0.25) is 14.7 Å². The van der Waals surface area contributed by atoms with Gasteiger partial charge in [0.1, 0.15) is 0 Å². The summed E-state index contributed by atoms with van der Waals surface area (Å²) in [6.07, 6.45) is 5.96. The van der Waals surface area contributed by atoms with Crippen LogP contribution in [0, 0.1) is 17.3 Å². The molecule has 4 nitrogen and oxygen atoms in total. The minimum absolute atomic E-state index is 0.114. The molecule has 2 atom stereocenters. The van der Waals surface area contributed by atoms with E-state index in [4.69, 9.17) is 0 Å². The number of nitrogens with zero attached hydrogens (tertiary/aromatic N) is 3. The van der Waals surface area contributed by atoms with E-state index in [1.807, 2.05) is 12.4 Å². The third-order valence-corrected chi connectivity index (χ3v) is 5.53. The van der Waals surface area contributed by atoms with Gasteiger partial charge in [-0.25, -0.2) is 0 Å². The molecule has 1 aromatic heterocycles. The maximum atomic E-state index is 12.9. The number of carbonyl (C=O) groups is 1. The first-order valence-electron chi connectivity index (χ1n) is 8.94. The predicted octanol–water partition coefficient (Wildman–Crippen LogP) is 2.96. The molecule has 1 saturated carbocycles. The fourth-order valence-electron chi connectivity index (χ4n) is 3.89. The van der Waals surface area contributed by atoms with Crippen LogP contribution in [0.15, 0.2) is 36.2 Å². The van der Waals surface area contributed by atoms with Gasteiger partial charge in [-0.15, -0.1) is 0 Å². The lowest BCUT2D eigenvalue weighted by molar-refractivity contribution is -0.135. The number of carbonyl (C=O) groups excluding carboxylic acids is 1. The van der Waals surface area contributed by atoms with E-state index >= 15 is 0 Å². The van der Waals surface area contributed by atoms with Crippen LogP contribution in [0.3, 0.4) is 0 Å². The van der Waals surface area contributed by atoms with Crippen LogP contribution in [0.25, 0.3) is 0 Å². The summed E-state index contributed by atoms with van der Waals surface area (Å²) in [6, 6.07) is 4.13. The van der Waals surface area contributed by atoms with Crippen molar-refractivity contribution >= 4 is 5.91 Å². The lowest BCUT2D eigenvalue weighted by Crippen LogP contribution is -2.49. The Bertz CT molecular complexity index is 611. The third-order valence-electron chi connectivity index (χ3n) is 5.53. The van der Waals surface area contributed by atoms with E-state index in [1.165, 1.54) is 11.1 Å². The zero-order valence-corrected chi connectivity index (χ0v) is 15.3. The highest BCUT2D eigenvalue weighted by Gasteiger charge is 2.61. The Labute approximate surface area is 145 Å². The Morgan fingerprint density at radius 1 is 1.21 bits per heavy atom. The number of allylic oxidation sites excluding steroid dienone is 2. The Morgan fingerprint density at radius 2 is 1.83 bits per heavy atom. The van der Waals surface area contributed by atoms with Crippen LogP contribution in [0.4, 0.5) is 0 Å². The van der Waals surface area contributed by atoms with Gasteiger partial charge in [0.15, 0.2) is 0 Å². The highest BCUT2D eigenvalue weighted by atomic mass is 16.2. The zero-order valence-electron chi connectivity index (χ0n) is 15.3. The summed E-state index contributed by atoms with van der Waals surface area (Å²) in [4.78, 5) is 21.5. The van der Waals surface area contributed by atoms with Crippen molar-refractivity contribution in [2.75, 3.05) is 26.2 Å². The van der Waals surface area contributed by atoms with Crippen LogP contribution in [-0.2, 0) is 11.3 Å². The van der Waals surface area contributed by atoms with E-state index in [-0.39, 0.29) is 11.3 Å². The van der Waals surface area contributed by atoms with Gasteiger partial charge in [-0.2, -0.15) is 0 Å². The minimum atomic E-state index is 0.114. The Morgan fingerprint density at radius 3 is 2.42 bits per heavy atom. The molecule has 1 aliphatic carbocycles. The monoisotopic (exact) mass is 327 g/mol. The van der Waals surface area contributed by atoms with E-state index in [0.717, 1.165) is 32.7 Å². The van der Waals surface area contributed by atoms with Crippen molar-refractivity contribution in [2.24, 2.45) is 17.3 Å². The van der Waals surface area contributed by atoms with E-state index in [1.54, 1.807) is 0 Å². The van der Waals surface area contributed by atoms with Gasteiger partial charge in [0, 0.05) is 45.1 Å². The molecule has 2 fully saturated rings. The zero-order chi connectivity index (χ0) is 17.3. The van der Waals surface area contributed by atoms with Crippen LogP contribution in [-0.4, -0.2) is 46.9 Å². The van der Waals surface area contributed by atoms with Crippen molar-refractivity contribution in [1.29, 1.82) is 0 Å². The molecule has 2 unspecified atom stereocenters. The number of rotatable bonds is 4. The molecule has 4 heteroatoms. The summed E-state index contributed by atoms with van der Waals surface area (Å²) >= 11 is 0. The minimum Gasteiger partial charge on any atom is -0.340 e. The Hall–Kier alpha value is -1.68. The van der Waals surface area contributed by atoms with Crippen molar-refractivity contribution in [3.05, 3.63) is 41.7 Å². The molecule has 3 rings (SSSR count). The van der Waals surface area contributed by atoms with E-state index in [2.05, 4.69) is 60.7 Å². The summed E-state index contributed by atoms with van der Waals surface area (Å²) in [5.74, 6) is 0.926. The molecule has 24 heavy (non-hydrogen) atoms. The highest BCUT2D eigenvalue weighted by molar-refractivity contribution is 5.84. The van der Waals surface area contributed by atoms with Gasteiger partial charge in [-0.1, -0.05) is 25.5 Å². The molecule has 0 spiro atoms. The van der Waals surface area contributed by atoms with E-state index in [0.29, 0.717) is 11.8 Å². The molecule has 2 aliphatic rings. The smallest absolute Gasteiger partial charge is 0.226 e. The van der Waals surface area contributed by atoms with Gasteiger partial charge in [-0.05, 0) is 42.9 Å². The van der Waals surface area contributed by atoms with Crippen molar-refractivity contribution in [3.8, 4) is 0 Å². The summed E-state index contributed by atoms with van der Waals surface area (Å²) in [7, 11) is 0. The summed E-state index contributed by atoms with van der Waals surface area (Å²) < 4.78 is 0. The second-order valence-corrected chi connectivity index (χ2v) is 8.03. The maximum absolute atomic E-state index is 12.9. The predicted molar refractivity (Wildman–Crippen MR) is 96.3 cm³/mol. The molecule has 1 saturated heterocycles. The van der Waals surface area contributed by atoms with Gasteiger partial charge in [0.05, 0.1) is 5.92 Å². The molecule has 0 radical (unpaired) electrons. The molecule has 1 aromatic rings. The number of aromatic nitrogens is 1. The van der Waals surface area contributed by atoms with Crippen LogP contribution < -0.4 is 0 Å². The van der Waals surface area contributed by atoms with Crippen LogP contribution in [0.5, 0.6) is 0 Å². The Balaban J connectivity index is 1.53. The van der Waals surface area contributed by atoms with Gasteiger partial charge in [0.25, 0.3) is 0 Å². The van der Waals surface area contributed by atoms with Gasteiger partial charge < -0.3 is 4.90 Å². The molecule has 130 valence electrons.